The molecule has 0 spiro atoms. The molecule has 0 aliphatic carbocycles. The molecule has 5 rings (SSSR count). The zero-order valence-electron chi connectivity index (χ0n) is 23.4. The van der Waals surface area contributed by atoms with Gasteiger partial charge in [-0.05, 0) is 47.5 Å². The molecule has 41 heavy (non-hydrogen) atoms. The fourth-order valence-electron chi connectivity index (χ4n) is 4.85. The molecule has 0 saturated carbocycles. The smallest absolute Gasteiger partial charge is 0.184 e. The number of hydrogen-bond acceptors (Lipinski definition) is 3. The molecule has 0 aliphatic heterocycles. The maximum atomic E-state index is 12.6. The van der Waals surface area contributed by atoms with Crippen LogP contribution in [-0.4, -0.2) is 19.9 Å². The van der Waals surface area contributed by atoms with Crippen molar-refractivity contribution < 1.29 is 9.53 Å². The number of allylic oxidation sites excluding steroid dienone is 2. The summed E-state index contributed by atoms with van der Waals surface area (Å²) in [5.74, 6) is 0.618. The molecule has 0 saturated heterocycles. The molecular formula is C38H33NO2. The minimum absolute atomic E-state index is 0.0831. The Morgan fingerprint density at radius 2 is 1.07 bits per heavy atom. The first-order chi connectivity index (χ1) is 20.0. The first-order valence-corrected chi connectivity index (χ1v) is 13.7. The molecule has 5 aromatic rings. The summed E-state index contributed by atoms with van der Waals surface area (Å²) in [4.78, 5) is 14.7. The van der Waals surface area contributed by atoms with E-state index in [1.165, 1.54) is 0 Å². The van der Waals surface area contributed by atoms with E-state index in [4.69, 9.17) is 4.74 Å². The Hall–Kier alpha value is -5.15. The van der Waals surface area contributed by atoms with Crippen LogP contribution in [-0.2, 0) is 10.4 Å². The highest BCUT2D eigenvalue weighted by atomic mass is 16.5. The van der Waals surface area contributed by atoms with E-state index in [0.29, 0.717) is 5.75 Å². The predicted molar refractivity (Wildman–Crippen MR) is 170 cm³/mol. The third-order valence-electron chi connectivity index (χ3n) is 6.96. The standard InChI is InChI=1S/C38H33NO2/c1-39(2)35-25-21-30(22-26-35)23-27-36(40)28-24-31-13-12-20-37(29-31)41-38(32-14-6-3-7-15-32,33-16-8-4-9-17-33)34-18-10-5-11-19-34/h3-29H,1-2H3/b27-23+,28-24+. The zero-order chi connectivity index (χ0) is 28.5. The molecule has 5 aromatic carbocycles. The lowest BCUT2D eigenvalue weighted by Gasteiger charge is -2.36. The lowest BCUT2D eigenvalue weighted by Crippen LogP contribution is -2.36. The Morgan fingerprint density at radius 1 is 0.585 bits per heavy atom. The van der Waals surface area contributed by atoms with Crippen LogP contribution in [0.1, 0.15) is 27.8 Å². The molecule has 0 radical (unpaired) electrons. The van der Waals surface area contributed by atoms with Gasteiger partial charge in [-0.25, -0.2) is 0 Å². The quantitative estimate of drug-likeness (QED) is 0.133. The van der Waals surface area contributed by atoms with Crippen molar-refractivity contribution in [3.63, 3.8) is 0 Å². The number of ketones is 1. The summed E-state index contributed by atoms with van der Waals surface area (Å²) >= 11 is 0. The van der Waals surface area contributed by atoms with Crippen LogP contribution in [0.4, 0.5) is 5.69 Å². The molecule has 3 heteroatoms. The van der Waals surface area contributed by atoms with Gasteiger partial charge in [0.05, 0.1) is 0 Å². The normalized spacial score (nSPS) is 11.6. The monoisotopic (exact) mass is 535 g/mol. The first kappa shape index (κ1) is 27.4. The molecule has 0 unspecified atom stereocenters. The molecule has 0 bridgehead atoms. The van der Waals surface area contributed by atoms with Crippen LogP contribution in [0, 0.1) is 0 Å². The number of carbonyl (C=O) groups is 1. The van der Waals surface area contributed by atoms with Gasteiger partial charge in [0, 0.05) is 36.5 Å². The van der Waals surface area contributed by atoms with Crippen molar-refractivity contribution in [1.29, 1.82) is 0 Å². The number of benzene rings is 5. The molecule has 0 amide bonds. The fourth-order valence-corrected chi connectivity index (χ4v) is 4.85. The van der Waals surface area contributed by atoms with Crippen molar-refractivity contribution in [3.8, 4) is 5.75 Å². The second kappa shape index (κ2) is 12.8. The predicted octanol–water partition coefficient (Wildman–Crippen LogP) is 8.42. The SMILES string of the molecule is CN(C)c1ccc(/C=C/C(=O)/C=C/c2cccc(OC(c3ccccc3)(c3ccccc3)c3ccccc3)c2)cc1. The number of hydrogen-bond donors (Lipinski definition) is 0. The van der Waals surface area contributed by atoms with Crippen LogP contribution in [0.25, 0.3) is 12.2 Å². The molecule has 3 nitrogen and oxygen atoms in total. The first-order valence-electron chi connectivity index (χ1n) is 13.7. The summed E-state index contributed by atoms with van der Waals surface area (Å²) in [6.07, 6.45) is 6.83. The van der Waals surface area contributed by atoms with E-state index in [0.717, 1.165) is 33.5 Å². The van der Waals surface area contributed by atoms with Crippen LogP contribution in [0.3, 0.4) is 0 Å². The van der Waals surface area contributed by atoms with Crippen molar-refractivity contribution in [1.82, 2.24) is 0 Å². The highest BCUT2D eigenvalue weighted by Gasteiger charge is 2.38. The number of ether oxygens (including phenoxy) is 1. The molecule has 0 atom stereocenters. The average Bonchev–Trinajstić information content (AvgIpc) is 3.03. The Labute approximate surface area is 242 Å². The molecule has 0 fully saturated rings. The van der Waals surface area contributed by atoms with Crippen molar-refractivity contribution in [2.24, 2.45) is 0 Å². The van der Waals surface area contributed by atoms with Crippen molar-refractivity contribution in [2.75, 3.05) is 19.0 Å². The van der Waals surface area contributed by atoms with Gasteiger partial charge in [0.15, 0.2) is 11.4 Å². The minimum atomic E-state index is -0.868. The van der Waals surface area contributed by atoms with Gasteiger partial charge in [-0.3, -0.25) is 4.79 Å². The van der Waals surface area contributed by atoms with Crippen LogP contribution in [0.15, 0.2) is 152 Å². The van der Waals surface area contributed by atoms with Gasteiger partial charge in [-0.15, -0.1) is 0 Å². The summed E-state index contributed by atoms with van der Waals surface area (Å²) in [5, 5.41) is 0. The second-order valence-corrected chi connectivity index (χ2v) is 10.0. The molecule has 202 valence electrons. The van der Waals surface area contributed by atoms with Crippen LogP contribution < -0.4 is 9.64 Å². The number of nitrogens with zero attached hydrogens (tertiary/aromatic N) is 1. The topological polar surface area (TPSA) is 29.5 Å². The summed E-state index contributed by atoms with van der Waals surface area (Å²) in [6.45, 7) is 0. The summed E-state index contributed by atoms with van der Waals surface area (Å²) in [5.41, 5.74) is 5.18. The van der Waals surface area contributed by atoms with Crippen LogP contribution in [0.2, 0.25) is 0 Å². The Balaban J connectivity index is 1.43. The Morgan fingerprint density at radius 3 is 1.56 bits per heavy atom. The van der Waals surface area contributed by atoms with Gasteiger partial charge in [0.2, 0.25) is 0 Å². The van der Waals surface area contributed by atoms with E-state index < -0.39 is 5.60 Å². The van der Waals surface area contributed by atoms with Crippen LogP contribution >= 0.6 is 0 Å². The summed E-state index contributed by atoms with van der Waals surface area (Å²) < 4.78 is 7.00. The van der Waals surface area contributed by atoms with Gasteiger partial charge >= 0.3 is 0 Å². The Kier molecular flexibility index (Phi) is 8.56. The summed E-state index contributed by atoms with van der Waals surface area (Å²) in [7, 11) is 4.01. The molecule has 0 N–H and O–H groups in total. The Bertz CT molecular complexity index is 1520. The van der Waals surface area contributed by atoms with E-state index in [2.05, 4.69) is 36.4 Å². The van der Waals surface area contributed by atoms with Gasteiger partial charge in [0.25, 0.3) is 0 Å². The zero-order valence-corrected chi connectivity index (χ0v) is 23.4. The summed E-state index contributed by atoms with van der Waals surface area (Å²) in [6, 6.07) is 46.8. The van der Waals surface area contributed by atoms with E-state index in [1.807, 2.05) is 134 Å². The van der Waals surface area contributed by atoms with Crippen molar-refractivity contribution >= 4 is 23.6 Å². The van der Waals surface area contributed by atoms with Gasteiger partial charge in [0.1, 0.15) is 5.75 Å². The van der Waals surface area contributed by atoms with Crippen molar-refractivity contribution in [3.05, 3.63) is 179 Å². The van der Waals surface area contributed by atoms with Gasteiger partial charge < -0.3 is 9.64 Å². The highest BCUT2D eigenvalue weighted by Crippen LogP contribution is 2.41. The van der Waals surface area contributed by atoms with E-state index in [-0.39, 0.29) is 5.78 Å². The lowest BCUT2D eigenvalue weighted by atomic mass is 9.80. The average molecular weight is 536 g/mol. The maximum Gasteiger partial charge on any atom is 0.184 e. The minimum Gasteiger partial charge on any atom is -0.473 e. The van der Waals surface area contributed by atoms with E-state index in [9.17, 15) is 4.79 Å². The van der Waals surface area contributed by atoms with Crippen molar-refractivity contribution in [2.45, 2.75) is 5.60 Å². The fraction of sp³-hybridized carbons (Fsp3) is 0.0789. The number of carbonyl (C=O) groups excluding carboxylic acids is 1. The molecule has 0 heterocycles. The van der Waals surface area contributed by atoms with E-state index in [1.54, 1.807) is 12.2 Å². The highest BCUT2D eigenvalue weighted by molar-refractivity contribution is 6.04. The molecular weight excluding hydrogens is 502 g/mol. The number of rotatable bonds is 10. The third kappa shape index (κ3) is 6.54. The third-order valence-corrected chi connectivity index (χ3v) is 6.96. The van der Waals surface area contributed by atoms with Gasteiger partial charge in [-0.1, -0.05) is 127 Å². The van der Waals surface area contributed by atoms with Gasteiger partial charge in [-0.2, -0.15) is 0 Å². The largest absolute Gasteiger partial charge is 0.473 e. The lowest BCUT2D eigenvalue weighted by molar-refractivity contribution is -0.110. The second-order valence-electron chi connectivity index (χ2n) is 10.0. The molecule has 0 aliphatic rings. The molecule has 0 aromatic heterocycles. The maximum absolute atomic E-state index is 12.6. The number of anilines is 1. The van der Waals surface area contributed by atoms with Crippen LogP contribution in [0.5, 0.6) is 5.75 Å². The van der Waals surface area contributed by atoms with E-state index >= 15 is 0 Å².